The van der Waals surface area contributed by atoms with E-state index in [-0.39, 0.29) is 36.8 Å². The van der Waals surface area contributed by atoms with E-state index in [1.807, 2.05) is 36.4 Å². The first-order chi connectivity index (χ1) is 14.7. The van der Waals surface area contributed by atoms with Crippen LogP contribution in [0.4, 0.5) is 0 Å². The fourth-order valence-corrected chi connectivity index (χ4v) is 3.98. The summed E-state index contributed by atoms with van der Waals surface area (Å²) < 4.78 is 16.4. The largest absolute Gasteiger partial charge is 0.454 e. The van der Waals surface area contributed by atoms with Crippen molar-refractivity contribution in [3.8, 4) is 11.5 Å². The van der Waals surface area contributed by atoms with Gasteiger partial charge in [-0.1, -0.05) is 35.9 Å². The topological polar surface area (TPSA) is 67.4 Å². The second kappa shape index (κ2) is 11.8. The molecule has 7 nitrogen and oxygen atoms in total. The molecule has 9 heteroatoms. The number of hydrogen-bond acceptors (Lipinski definition) is 5. The zero-order valence-corrected chi connectivity index (χ0v) is 20.6. The Morgan fingerprint density at radius 3 is 2.65 bits per heavy atom. The molecule has 0 amide bonds. The Morgan fingerprint density at radius 2 is 1.87 bits per heavy atom. The molecule has 1 unspecified atom stereocenters. The predicted octanol–water partition coefficient (Wildman–Crippen LogP) is 3.43. The molecule has 4 rings (SSSR count). The van der Waals surface area contributed by atoms with Crippen LogP contribution >= 0.6 is 35.6 Å². The summed E-state index contributed by atoms with van der Waals surface area (Å²) in [7, 11) is 1.77. The molecule has 2 aromatic carbocycles. The fourth-order valence-electron chi connectivity index (χ4n) is 3.72. The number of morpholine rings is 1. The van der Waals surface area contributed by atoms with Crippen molar-refractivity contribution in [2.75, 3.05) is 46.7 Å². The summed E-state index contributed by atoms with van der Waals surface area (Å²) in [6.45, 7) is 4.81. The third-order valence-corrected chi connectivity index (χ3v) is 5.68. The van der Waals surface area contributed by atoms with Crippen LogP contribution in [0, 0.1) is 0 Å². The number of ether oxygens (including phenoxy) is 3. The first-order valence-corrected chi connectivity index (χ1v) is 10.5. The highest BCUT2D eigenvalue weighted by molar-refractivity contribution is 14.0. The van der Waals surface area contributed by atoms with Crippen LogP contribution < -0.4 is 20.1 Å². The Morgan fingerprint density at radius 1 is 1.10 bits per heavy atom. The summed E-state index contributed by atoms with van der Waals surface area (Å²) >= 11 is 6.52. The lowest BCUT2D eigenvalue weighted by Gasteiger charge is -2.35. The lowest BCUT2D eigenvalue weighted by Crippen LogP contribution is -2.46. The van der Waals surface area contributed by atoms with Crippen molar-refractivity contribution in [2.45, 2.75) is 12.6 Å². The molecule has 31 heavy (non-hydrogen) atoms. The third-order valence-electron chi connectivity index (χ3n) is 5.33. The van der Waals surface area contributed by atoms with Gasteiger partial charge in [0.05, 0.1) is 19.3 Å². The molecule has 0 aliphatic carbocycles. The van der Waals surface area contributed by atoms with Gasteiger partial charge in [0.2, 0.25) is 6.79 Å². The second-order valence-electron chi connectivity index (χ2n) is 7.18. The molecule has 2 heterocycles. The fraction of sp³-hybridized carbons (Fsp3) is 0.409. The molecule has 2 N–H and O–H groups in total. The van der Waals surface area contributed by atoms with Crippen LogP contribution in [0.3, 0.4) is 0 Å². The molecule has 168 valence electrons. The first kappa shape index (κ1) is 23.9. The molecule has 2 aliphatic rings. The molecular weight excluding hydrogens is 531 g/mol. The average molecular weight is 559 g/mol. The molecule has 1 fully saturated rings. The van der Waals surface area contributed by atoms with Crippen LogP contribution in [-0.4, -0.2) is 57.5 Å². The maximum absolute atomic E-state index is 6.52. The number of benzene rings is 2. The number of guanidine groups is 1. The van der Waals surface area contributed by atoms with Crippen LogP contribution in [0.1, 0.15) is 17.2 Å². The van der Waals surface area contributed by atoms with Gasteiger partial charge in [0.1, 0.15) is 0 Å². The summed E-state index contributed by atoms with van der Waals surface area (Å²) in [5.41, 5.74) is 2.21. The summed E-state index contributed by atoms with van der Waals surface area (Å²) in [4.78, 5) is 6.78. The number of rotatable bonds is 6. The lowest BCUT2D eigenvalue weighted by atomic mass is 10.0. The van der Waals surface area contributed by atoms with Crippen LogP contribution in [0.2, 0.25) is 5.02 Å². The maximum atomic E-state index is 6.52. The zero-order valence-electron chi connectivity index (χ0n) is 17.5. The number of halogens is 2. The van der Waals surface area contributed by atoms with Gasteiger partial charge in [-0.05, 0) is 29.3 Å². The smallest absolute Gasteiger partial charge is 0.231 e. The highest BCUT2D eigenvalue weighted by atomic mass is 127. The molecule has 1 atom stereocenters. The van der Waals surface area contributed by atoms with Crippen molar-refractivity contribution in [1.29, 1.82) is 0 Å². The van der Waals surface area contributed by atoms with E-state index in [1.165, 1.54) is 0 Å². The Hall–Kier alpha value is -1.75. The number of nitrogens with one attached hydrogen (secondary N) is 2. The average Bonchev–Trinajstić information content (AvgIpc) is 3.26. The number of aliphatic imine (C=N–C) groups is 1. The molecule has 0 bridgehead atoms. The van der Waals surface area contributed by atoms with Crippen molar-refractivity contribution in [2.24, 2.45) is 4.99 Å². The van der Waals surface area contributed by atoms with E-state index in [2.05, 4.69) is 26.6 Å². The predicted molar refractivity (Wildman–Crippen MR) is 133 cm³/mol. The second-order valence-corrected chi connectivity index (χ2v) is 7.59. The van der Waals surface area contributed by atoms with Gasteiger partial charge in [-0.15, -0.1) is 24.0 Å². The summed E-state index contributed by atoms with van der Waals surface area (Å²) in [5, 5.41) is 7.60. The van der Waals surface area contributed by atoms with Crippen molar-refractivity contribution in [3.05, 3.63) is 58.6 Å². The maximum Gasteiger partial charge on any atom is 0.231 e. The molecule has 2 aliphatic heterocycles. The monoisotopic (exact) mass is 558 g/mol. The van der Waals surface area contributed by atoms with Crippen LogP contribution in [0.5, 0.6) is 11.5 Å². The Kier molecular flexibility index (Phi) is 9.06. The van der Waals surface area contributed by atoms with E-state index < -0.39 is 0 Å². The van der Waals surface area contributed by atoms with Crippen molar-refractivity contribution in [3.63, 3.8) is 0 Å². The van der Waals surface area contributed by atoms with Crippen molar-refractivity contribution >= 4 is 41.5 Å². The van der Waals surface area contributed by atoms with Crippen LogP contribution in [0.15, 0.2) is 47.5 Å². The van der Waals surface area contributed by atoms with E-state index in [9.17, 15) is 0 Å². The van der Waals surface area contributed by atoms with E-state index in [0.29, 0.717) is 13.1 Å². The summed E-state index contributed by atoms with van der Waals surface area (Å²) in [6, 6.07) is 14.1. The van der Waals surface area contributed by atoms with Gasteiger partial charge in [0, 0.05) is 38.2 Å². The lowest BCUT2D eigenvalue weighted by molar-refractivity contribution is 0.0170. The Bertz CT molecular complexity index is 893. The number of fused-ring (bicyclic) bond motifs is 1. The minimum absolute atomic E-state index is 0. The standard InChI is InChI=1S/C22H27ClN4O3.HI/c1-24-22(25-13-16-6-7-20-21(12-16)30-15-29-20)26-14-19(27-8-10-28-11-9-27)17-4-2-3-5-18(17)23;/h2-7,12,19H,8-11,13-15H2,1H3,(H2,24,25,26);1H. The normalized spacial score (nSPS) is 17.0. The number of nitrogens with zero attached hydrogens (tertiary/aromatic N) is 2. The van der Waals surface area contributed by atoms with Gasteiger partial charge in [0.25, 0.3) is 0 Å². The Balaban J connectivity index is 0.00000272. The van der Waals surface area contributed by atoms with E-state index in [0.717, 1.165) is 59.9 Å². The highest BCUT2D eigenvalue weighted by Crippen LogP contribution is 2.32. The van der Waals surface area contributed by atoms with Gasteiger partial charge < -0.3 is 24.8 Å². The Labute approximate surface area is 205 Å². The van der Waals surface area contributed by atoms with E-state index in [4.69, 9.17) is 25.8 Å². The molecule has 0 saturated carbocycles. The molecule has 1 saturated heterocycles. The highest BCUT2D eigenvalue weighted by Gasteiger charge is 2.24. The molecule has 2 aromatic rings. The zero-order chi connectivity index (χ0) is 20.8. The molecule has 0 radical (unpaired) electrons. The van der Waals surface area contributed by atoms with E-state index >= 15 is 0 Å². The summed E-state index contributed by atoms with van der Waals surface area (Å²) in [5.74, 6) is 2.30. The van der Waals surface area contributed by atoms with Gasteiger partial charge in [0.15, 0.2) is 17.5 Å². The molecular formula is C22H28ClIN4O3. The van der Waals surface area contributed by atoms with E-state index in [1.54, 1.807) is 7.05 Å². The van der Waals surface area contributed by atoms with Gasteiger partial charge >= 0.3 is 0 Å². The SMILES string of the molecule is CN=C(NCc1ccc2c(c1)OCO2)NCC(c1ccccc1Cl)N1CCOCC1.I. The summed E-state index contributed by atoms with van der Waals surface area (Å²) in [6.07, 6.45) is 0. The molecule has 0 spiro atoms. The van der Waals surface area contributed by atoms with Gasteiger partial charge in [-0.3, -0.25) is 9.89 Å². The van der Waals surface area contributed by atoms with Crippen molar-refractivity contribution in [1.82, 2.24) is 15.5 Å². The molecule has 0 aromatic heterocycles. The minimum Gasteiger partial charge on any atom is -0.454 e. The number of hydrogen-bond donors (Lipinski definition) is 2. The first-order valence-electron chi connectivity index (χ1n) is 10.1. The minimum atomic E-state index is 0. The van der Waals surface area contributed by atoms with Gasteiger partial charge in [-0.2, -0.15) is 0 Å². The van der Waals surface area contributed by atoms with Gasteiger partial charge in [-0.25, -0.2) is 0 Å². The van der Waals surface area contributed by atoms with Crippen LogP contribution in [-0.2, 0) is 11.3 Å². The van der Waals surface area contributed by atoms with Crippen molar-refractivity contribution < 1.29 is 14.2 Å². The van der Waals surface area contributed by atoms with Crippen LogP contribution in [0.25, 0.3) is 0 Å². The third kappa shape index (κ3) is 6.15. The quantitative estimate of drug-likeness (QED) is 0.322.